The smallest absolute Gasteiger partial charge is 0.311 e. The number of methoxy groups -OCH3 is 1. The number of nitrogens with two attached hydrogens (primary N) is 1. The first kappa shape index (κ1) is 14.9. The Balaban J connectivity index is 2.86. The van der Waals surface area contributed by atoms with Crippen LogP contribution >= 0.6 is 12.2 Å². The first-order chi connectivity index (χ1) is 9.06. The van der Waals surface area contributed by atoms with E-state index in [1.807, 2.05) is 0 Å². The summed E-state index contributed by atoms with van der Waals surface area (Å²) in [7, 11) is 1.49. The predicted octanol–water partition coefficient (Wildman–Crippen LogP) is 1.18. The molecule has 0 aromatic heterocycles. The SMILES string of the molecule is CCC(=O)Oc1ccc(C=NNC(N)=S)cc1OC. The zero-order valence-electron chi connectivity index (χ0n) is 10.7. The average molecular weight is 281 g/mol. The molecular weight excluding hydrogens is 266 g/mol. The summed E-state index contributed by atoms with van der Waals surface area (Å²) >= 11 is 4.61. The van der Waals surface area contributed by atoms with Crippen molar-refractivity contribution in [3.05, 3.63) is 23.8 Å². The summed E-state index contributed by atoms with van der Waals surface area (Å²) in [6.07, 6.45) is 1.82. The maximum Gasteiger partial charge on any atom is 0.311 e. The first-order valence-electron chi connectivity index (χ1n) is 5.54. The molecule has 0 spiro atoms. The van der Waals surface area contributed by atoms with E-state index in [0.717, 1.165) is 5.56 Å². The van der Waals surface area contributed by atoms with Crippen molar-refractivity contribution in [1.82, 2.24) is 5.43 Å². The second-order valence-electron chi connectivity index (χ2n) is 3.47. The van der Waals surface area contributed by atoms with Crippen LogP contribution in [0.5, 0.6) is 11.5 Å². The van der Waals surface area contributed by atoms with E-state index < -0.39 is 0 Å². The lowest BCUT2D eigenvalue weighted by Crippen LogP contribution is -2.23. The molecule has 0 atom stereocenters. The molecular formula is C12H15N3O3S. The molecule has 0 aliphatic carbocycles. The summed E-state index contributed by atoms with van der Waals surface area (Å²) in [4.78, 5) is 11.2. The number of hydrogen-bond acceptors (Lipinski definition) is 5. The van der Waals surface area contributed by atoms with Gasteiger partial charge in [-0.1, -0.05) is 6.92 Å². The van der Waals surface area contributed by atoms with Crippen LogP contribution in [0.25, 0.3) is 0 Å². The van der Waals surface area contributed by atoms with Crippen LogP contribution in [0.1, 0.15) is 18.9 Å². The van der Waals surface area contributed by atoms with E-state index in [1.165, 1.54) is 13.3 Å². The van der Waals surface area contributed by atoms with Gasteiger partial charge in [0.2, 0.25) is 0 Å². The Bertz CT molecular complexity index is 503. The number of rotatable bonds is 5. The van der Waals surface area contributed by atoms with Gasteiger partial charge in [0.15, 0.2) is 16.6 Å². The topological polar surface area (TPSA) is 85.9 Å². The number of esters is 1. The van der Waals surface area contributed by atoms with E-state index in [9.17, 15) is 4.79 Å². The monoisotopic (exact) mass is 281 g/mol. The highest BCUT2D eigenvalue weighted by Crippen LogP contribution is 2.27. The Hall–Kier alpha value is -2.15. The zero-order valence-corrected chi connectivity index (χ0v) is 11.5. The van der Waals surface area contributed by atoms with E-state index in [0.29, 0.717) is 17.9 Å². The highest BCUT2D eigenvalue weighted by Gasteiger charge is 2.08. The standard InChI is InChI=1S/C12H15N3O3S/c1-3-11(16)18-9-5-4-8(6-10(9)17-2)7-14-15-12(13)19/h4-7H,3H2,1-2H3,(H3,13,15,19). The molecule has 1 aromatic carbocycles. The molecule has 0 fully saturated rings. The number of carbonyl (C=O) groups is 1. The summed E-state index contributed by atoms with van der Waals surface area (Å²) in [5.74, 6) is 0.491. The van der Waals surface area contributed by atoms with Gasteiger partial charge in [0.25, 0.3) is 0 Å². The highest BCUT2D eigenvalue weighted by atomic mass is 32.1. The molecule has 0 unspecified atom stereocenters. The molecule has 0 bridgehead atoms. The minimum Gasteiger partial charge on any atom is -0.493 e. The van der Waals surface area contributed by atoms with Crippen LogP contribution in [0, 0.1) is 0 Å². The van der Waals surface area contributed by atoms with Crippen LogP contribution in [0.3, 0.4) is 0 Å². The summed E-state index contributed by atoms with van der Waals surface area (Å²) in [5, 5.41) is 3.90. The Morgan fingerprint density at radius 1 is 1.53 bits per heavy atom. The quantitative estimate of drug-likeness (QED) is 0.277. The van der Waals surface area contributed by atoms with E-state index >= 15 is 0 Å². The Morgan fingerprint density at radius 3 is 2.84 bits per heavy atom. The van der Waals surface area contributed by atoms with Crippen LogP contribution in [0.2, 0.25) is 0 Å². The van der Waals surface area contributed by atoms with Crippen molar-refractivity contribution in [2.45, 2.75) is 13.3 Å². The minimum atomic E-state index is -0.324. The fraction of sp³-hybridized carbons (Fsp3) is 0.250. The van der Waals surface area contributed by atoms with Gasteiger partial charge in [0, 0.05) is 6.42 Å². The summed E-state index contributed by atoms with van der Waals surface area (Å²) in [6, 6.07) is 5.04. The maximum atomic E-state index is 11.2. The molecule has 0 heterocycles. The largest absolute Gasteiger partial charge is 0.493 e. The number of carbonyl (C=O) groups excluding carboxylic acids is 1. The number of nitrogens with zero attached hydrogens (tertiary/aromatic N) is 1. The molecule has 0 aliphatic heterocycles. The Morgan fingerprint density at radius 2 is 2.26 bits per heavy atom. The third kappa shape index (κ3) is 4.92. The second-order valence-corrected chi connectivity index (χ2v) is 3.91. The van der Waals surface area contributed by atoms with Gasteiger partial charge in [-0.05, 0) is 36.0 Å². The number of nitrogens with one attached hydrogen (secondary N) is 1. The van der Waals surface area contributed by atoms with Crippen LogP contribution in [-0.2, 0) is 4.79 Å². The molecule has 0 radical (unpaired) electrons. The van der Waals surface area contributed by atoms with Crippen molar-refractivity contribution in [2.24, 2.45) is 10.8 Å². The van der Waals surface area contributed by atoms with Crippen molar-refractivity contribution in [3.8, 4) is 11.5 Å². The van der Waals surface area contributed by atoms with Gasteiger partial charge < -0.3 is 15.2 Å². The summed E-state index contributed by atoms with van der Waals surface area (Å²) in [6.45, 7) is 1.72. The van der Waals surface area contributed by atoms with Gasteiger partial charge in [0.1, 0.15) is 0 Å². The van der Waals surface area contributed by atoms with Gasteiger partial charge in [-0.15, -0.1) is 0 Å². The third-order valence-electron chi connectivity index (χ3n) is 2.09. The maximum absolute atomic E-state index is 11.2. The molecule has 3 N–H and O–H groups in total. The molecule has 0 amide bonds. The zero-order chi connectivity index (χ0) is 14.3. The third-order valence-corrected chi connectivity index (χ3v) is 2.18. The molecule has 1 aromatic rings. The predicted molar refractivity (Wildman–Crippen MR) is 76.4 cm³/mol. The van der Waals surface area contributed by atoms with Crippen LogP contribution in [0.15, 0.2) is 23.3 Å². The average Bonchev–Trinajstić information content (AvgIpc) is 2.39. The van der Waals surface area contributed by atoms with E-state index in [2.05, 4.69) is 22.7 Å². The summed E-state index contributed by atoms with van der Waals surface area (Å²) in [5.41, 5.74) is 8.42. The normalized spacial score (nSPS) is 10.2. The molecule has 0 saturated heterocycles. The molecule has 0 aliphatic rings. The lowest BCUT2D eigenvalue weighted by atomic mass is 10.2. The molecule has 102 valence electrons. The molecule has 0 saturated carbocycles. The first-order valence-corrected chi connectivity index (χ1v) is 5.94. The molecule has 1 rings (SSSR count). The van der Waals surface area contributed by atoms with E-state index in [1.54, 1.807) is 25.1 Å². The van der Waals surface area contributed by atoms with Crippen LogP contribution in [0.4, 0.5) is 0 Å². The van der Waals surface area contributed by atoms with Crippen molar-refractivity contribution < 1.29 is 14.3 Å². The van der Waals surface area contributed by atoms with Crippen molar-refractivity contribution in [2.75, 3.05) is 7.11 Å². The van der Waals surface area contributed by atoms with Gasteiger partial charge in [-0.25, -0.2) is 0 Å². The fourth-order valence-corrected chi connectivity index (χ4v) is 1.27. The van der Waals surface area contributed by atoms with E-state index in [4.69, 9.17) is 15.2 Å². The van der Waals surface area contributed by atoms with Crippen LogP contribution in [-0.4, -0.2) is 24.4 Å². The van der Waals surface area contributed by atoms with Gasteiger partial charge in [-0.2, -0.15) is 5.10 Å². The van der Waals surface area contributed by atoms with E-state index in [-0.39, 0.29) is 11.1 Å². The van der Waals surface area contributed by atoms with Crippen molar-refractivity contribution in [1.29, 1.82) is 0 Å². The van der Waals surface area contributed by atoms with Gasteiger partial charge in [-0.3, -0.25) is 10.2 Å². The second kappa shape index (κ2) is 7.32. The number of thiocarbonyl (C=S) groups is 1. The lowest BCUT2D eigenvalue weighted by Gasteiger charge is -2.09. The van der Waals surface area contributed by atoms with Gasteiger partial charge in [0.05, 0.1) is 13.3 Å². The fourth-order valence-electron chi connectivity index (χ4n) is 1.21. The molecule has 7 heteroatoms. The Kier molecular flexibility index (Phi) is 5.74. The van der Waals surface area contributed by atoms with Crippen LogP contribution < -0.4 is 20.6 Å². The molecule has 6 nitrogen and oxygen atoms in total. The van der Waals surface area contributed by atoms with Gasteiger partial charge >= 0.3 is 5.97 Å². The summed E-state index contributed by atoms with van der Waals surface area (Å²) < 4.78 is 10.3. The number of benzene rings is 1. The lowest BCUT2D eigenvalue weighted by molar-refractivity contribution is -0.134. The number of hydrazone groups is 1. The molecule has 19 heavy (non-hydrogen) atoms. The van der Waals surface area contributed by atoms with Crippen molar-refractivity contribution in [3.63, 3.8) is 0 Å². The Labute approximate surface area is 116 Å². The highest BCUT2D eigenvalue weighted by molar-refractivity contribution is 7.80. The number of hydrogen-bond donors (Lipinski definition) is 2. The number of ether oxygens (including phenoxy) is 2. The van der Waals surface area contributed by atoms with Crippen molar-refractivity contribution >= 4 is 29.5 Å². The minimum absolute atomic E-state index is 0.0803.